The molecule has 0 aromatic carbocycles. The monoisotopic (exact) mass is 219 g/mol. The highest BCUT2D eigenvalue weighted by atomic mass is 31.0. The van der Waals surface area contributed by atoms with Crippen LogP contribution in [0.3, 0.4) is 0 Å². The van der Waals surface area contributed by atoms with Crippen LogP contribution in [0.2, 0.25) is 0 Å². The van der Waals surface area contributed by atoms with Gasteiger partial charge in [0.15, 0.2) is 5.96 Å². The van der Waals surface area contributed by atoms with Crippen molar-refractivity contribution >= 4 is 21.1 Å². The summed E-state index contributed by atoms with van der Waals surface area (Å²) in [6.07, 6.45) is 1.67. The van der Waals surface area contributed by atoms with E-state index in [9.17, 15) is 4.79 Å². The van der Waals surface area contributed by atoms with Gasteiger partial charge in [0.05, 0.1) is 5.78 Å². The lowest BCUT2D eigenvalue weighted by molar-refractivity contribution is -0.120. The van der Waals surface area contributed by atoms with Crippen molar-refractivity contribution in [2.24, 2.45) is 22.2 Å². The minimum atomic E-state index is -0.535. The standard InChI is InChI=1S/C7H18N5OP/c8-5(14)6(13)11-3-1-2-4-12-7(9)10/h5H,1-4,8,14H2,(H,11,13)(H4,9,10,12). The topological polar surface area (TPSA) is 120 Å². The first-order valence-electron chi connectivity index (χ1n) is 4.38. The normalized spacial score (nSPS) is 11.9. The van der Waals surface area contributed by atoms with Crippen LogP contribution in [0.1, 0.15) is 12.8 Å². The van der Waals surface area contributed by atoms with E-state index in [1.165, 1.54) is 0 Å². The van der Waals surface area contributed by atoms with Gasteiger partial charge in [0.25, 0.3) is 0 Å². The zero-order valence-corrected chi connectivity index (χ0v) is 9.23. The lowest BCUT2D eigenvalue weighted by atomic mass is 10.3. The number of guanidine groups is 1. The van der Waals surface area contributed by atoms with Crippen molar-refractivity contribution < 1.29 is 4.79 Å². The van der Waals surface area contributed by atoms with E-state index < -0.39 is 5.78 Å². The maximum absolute atomic E-state index is 11.0. The number of carbonyl (C=O) groups excluding carboxylic acids is 1. The molecule has 0 aliphatic heterocycles. The van der Waals surface area contributed by atoms with Crippen LogP contribution in [0, 0.1) is 0 Å². The fourth-order valence-electron chi connectivity index (χ4n) is 0.774. The van der Waals surface area contributed by atoms with Crippen LogP contribution in [-0.4, -0.2) is 30.7 Å². The first kappa shape index (κ1) is 13.1. The molecule has 0 aliphatic carbocycles. The Morgan fingerprint density at radius 3 is 2.57 bits per heavy atom. The second kappa shape index (κ2) is 7.53. The summed E-state index contributed by atoms with van der Waals surface area (Å²) >= 11 is 0. The van der Waals surface area contributed by atoms with E-state index in [2.05, 4.69) is 19.5 Å². The molecule has 0 bridgehead atoms. The van der Waals surface area contributed by atoms with Crippen LogP contribution >= 0.6 is 9.24 Å². The number of nitrogens with zero attached hydrogens (tertiary/aromatic N) is 1. The molecule has 0 rings (SSSR count). The second-order valence-corrected chi connectivity index (χ2v) is 3.55. The lowest BCUT2D eigenvalue weighted by Crippen LogP contribution is -2.36. The highest BCUT2D eigenvalue weighted by molar-refractivity contribution is 7.19. The number of rotatable bonds is 6. The third-order valence-electron chi connectivity index (χ3n) is 1.48. The van der Waals surface area contributed by atoms with Gasteiger partial charge >= 0.3 is 0 Å². The molecule has 14 heavy (non-hydrogen) atoms. The molecule has 0 radical (unpaired) electrons. The Hall–Kier alpha value is -0.870. The third-order valence-corrected chi connectivity index (χ3v) is 1.78. The summed E-state index contributed by atoms with van der Waals surface area (Å²) in [7, 11) is 2.23. The zero-order valence-electron chi connectivity index (χ0n) is 8.07. The van der Waals surface area contributed by atoms with E-state index in [0.717, 1.165) is 12.8 Å². The number of nitrogens with two attached hydrogens (primary N) is 3. The number of aliphatic imine (C=N–C) groups is 1. The molecule has 0 aromatic heterocycles. The van der Waals surface area contributed by atoms with E-state index in [4.69, 9.17) is 17.2 Å². The Morgan fingerprint density at radius 1 is 1.43 bits per heavy atom. The molecule has 2 unspecified atom stereocenters. The summed E-state index contributed by atoms with van der Waals surface area (Å²) in [5.41, 5.74) is 15.6. The summed E-state index contributed by atoms with van der Waals surface area (Å²) in [6.45, 7) is 1.19. The number of nitrogens with one attached hydrogen (secondary N) is 1. The Balaban J connectivity index is 3.30. The summed E-state index contributed by atoms with van der Waals surface area (Å²) in [6, 6.07) is 0. The van der Waals surface area contributed by atoms with E-state index in [1.807, 2.05) is 0 Å². The average molecular weight is 219 g/mol. The molecule has 1 amide bonds. The Labute approximate surface area is 85.9 Å². The fraction of sp³-hybridized carbons (Fsp3) is 0.714. The van der Waals surface area contributed by atoms with Crippen molar-refractivity contribution in [2.45, 2.75) is 18.6 Å². The van der Waals surface area contributed by atoms with Crippen molar-refractivity contribution in [3.63, 3.8) is 0 Å². The number of amides is 1. The predicted octanol–water partition coefficient (Wildman–Crippen LogP) is -1.68. The number of hydrogen-bond acceptors (Lipinski definition) is 3. The molecule has 0 heterocycles. The fourth-order valence-corrected chi connectivity index (χ4v) is 0.892. The molecule has 0 spiro atoms. The van der Waals surface area contributed by atoms with Crippen LogP contribution < -0.4 is 22.5 Å². The van der Waals surface area contributed by atoms with Crippen LogP contribution in [0.15, 0.2) is 4.99 Å². The molecule has 6 nitrogen and oxygen atoms in total. The van der Waals surface area contributed by atoms with Gasteiger partial charge in [0, 0.05) is 13.1 Å². The van der Waals surface area contributed by atoms with Crippen molar-refractivity contribution in [3.8, 4) is 0 Å². The molecule has 0 saturated carbocycles. The summed E-state index contributed by atoms with van der Waals surface area (Å²) < 4.78 is 0. The van der Waals surface area contributed by atoms with Gasteiger partial charge in [0.1, 0.15) is 0 Å². The van der Waals surface area contributed by atoms with Gasteiger partial charge in [-0.1, -0.05) is 0 Å². The van der Waals surface area contributed by atoms with E-state index in [0.29, 0.717) is 13.1 Å². The summed E-state index contributed by atoms with van der Waals surface area (Å²) in [5, 5.41) is 2.67. The SMILES string of the molecule is NC(N)=NCCCCNC(=O)C(N)P. The highest BCUT2D eigenvalue weighted by Gasteiger charge is 2.04. The quantitative estimate of drug-likeness (QED) is 0.184. The maximum atomic E-state index is 11.0. The van der Waals surface area contributed by atoms with E-state index in [-0.39, 0.29) is 11.9 Å². The molecular weight excluding hydrogens is 201 g/mol. The Bertz CT molecular complexity index is 202. The third kappa shape index (κ3) is 7.76. The minimum absolute atomic E-state index is 0.0982. The number of unbranched alkanes of at least 4 members (excludes halogenated alkanes) is 1. The molecule has 0 aromatic rings. The van der Waals surface area contributed by atoms with Crippen molar-refractivity contribution in [1.82, 2.24) is 5.32 Å². The van der Waals surface area contributed by atoms with Crippen LogP contribution in [-0.2, 0) is 4.79 Å². The Morgan fingerprint density at radius 2 is 2.07 bits per heavy atom. The molecule has 0 saturated heterocycles. The molecular formula is C7H18N5OP. The van der Waals surface area contributed by atoms with Crippen LogP contribution in [0.4, 0.5) is 0 Å². The van der Waals surface area contributed by atoms with Gasteiger partial charge < -0.3 is 22.5 Å². The molecule has 7 heteroatoms. The molecule has 0 aliphatic rings. The van der Waals surface area contributed by atoms with Gasteiger partial charge in [-0.25, -0.2) is 0 Å². The number of hydrogen-bond donors (Lipinski definition) is 4. The first-order valence-corrected chi connectivity index (χ1v) is 5.05. The van der Waals surface area contributed by atoms with Crippen LogP contribution in [0.5, 0.6) is 0 Å². The summed E-state index contributed by atoms with van der Waals surface area (Å²) in [4.78, 5) is 14.8. The minimum Gasteiger partial charge on any atom is -0.370 e. The van der Waals surface area contributed by atoms with Crippen molar-refractivity contribution in [2.75, 3.05) is 13.1 Å². The highest BCUT2D eigenvalue weighted by Crippen LogP contribution is 1.91. The number of carbonyl (C=O) groups is 1. The zero-order chi connectivity index (χ0) is 11.0. The van der Waals surface area contributed by atoms with Crippen molar-refractivity contribution in [1.29, 1.82) is 0 Å². The largest absolute Gasteiger partial charge is 0.370 e. The van der Waals surface area contributed by atoms with Crippen LogP contribution in [0.25, 0.3) is 0 Å². The molecule has 7 N–H and O–H groups in total. The van der Waals surface area contributed by atoms with Gasteiger partial charge in [-0.3, -0.25) is 9.79 Å². The molecule has 82 valence electrons. The molecule has 0 fully saturated rings. The van der Waals surface area contributed by atoms with Gasteiger partial charge in [-0.05, 0) is 12.8 Å². The van der Waals surface area contributed by atoms with Gasteiger partial charge in [-0.2, -0.15) is 0 Å². The first-order chi connectivity index (χ1) is 6.54. The van der Waals surface area contributed by atoms with Gasteiger partial charge in [-0.15, -0.1) is 9.24 Å². The average Bonchev–Trinajstić information content (AvgIpc) is 2.09. The van der Waals surface area contributed by atoms with Gasteiger partial charge in [0.2, 0.25) is 5.91 Å². The van der Waals surface area contributed by atoms with E-state index in [1.54, 1.807) is 0 Å². The van der Waals surface area contributed by atoms with Crippen molar-refractivity contribution in [3.05, 3.63) is 0 Å². The Kier molecular flexibility index (Phi) is 7.06. The van der Waals surface area contributed by atoms with E-state index >= 15 is 0 Å². The maximum Gasteiger partial charge on any atom is 0.240 e. The second-order valence-electron chi connectivity index (χ2n) is 2.83. The summed E-state index contributed by atoms with van der Waals surface area (Å²) in [5.74, 6) is -0.606. The molecule has 2 atom stereocenters. The predicted molar refractivity (Wildman–Crippen MR) is 60.6 cm³/mol. The smallest absolute Gasteiger partial charge is 0.240 e. The lowest BCUT2D eigenvalue weighted by Gasteiger charge is -2.06.